The molecule has 1 aliphatic rings. The number of aliphatic carboxylic acids is 1. The lowest BCUT2D eigenvalue weighted by Crippen LogP contribution is -2.48. The van der Waals surface area contributed by atoms with Crippen LogP contribution in [0.2, 0.25) is 5.02 Å². The molecule has 1 aliphatic heterocycles. The Kier molecular flexibility index (Phi) is 3.41. The number of carbonyl (C=O) groups is 2. The molecule has 1 aromatic carbocycles. The Morgan fingerprint density at radius 2 is 2.16 bits per heavy atom. The fourth-order valence-corrected chi connectivity index (χ4v) is 2.73. The van der Waals surface area contributed by atoms with Crippen molar-refractivity contribution in [2.75, 3.05) is 11.4 Å². The normalized spacial score (nSPS) is 22.5. The molecule has 3 N–H and O–H groups in total. The van der Waals surface area contributed by atoms with E-state index >= 15 is 0 Å². The number of rotatable bonds is 3. The summed E-state index contributed by atoms with van der Waals surface area (Å²) in [6.07, 6.45) is 1.35. The average Bonchev–Trinajstić information content (AvgIpc) is 2.72. The molecule has 2 rings (SSSR count). The van der Waals surface area contributed by atoms with Crippen molar-refractivity contribution >= 4 is 29.2 Å². The van der Waals surface area contributed by atoms with Crippen molar-refractivity contribution < 1.29 is 14.7 Å². The van der Waals surface area contributed by atoms with Gasteiger partial charge in [0.25, 0.3) is 0 Å². The number of carboxylic acids is 1. The van der Waals surface area contributed by atoms with E-state index < -0.39 is 17.4 Å². The van der Waals surface area contributed by atoms with Crippen LogP contribution in [0.4, 0.5) is 5.69 Å². The van der Waals surface area contributed by atoms with E-state index in [0.717, 1.165) is 6.42 Å². The first kappa shape index (κ1) is 13.7. The van der Waals surface area contributed by atoms with Crippen LogP contribution in [-0.4, -0.2) is 29.1 Å². The molecule has 0 aliphatic carbocycles. The highest BCUT2D eigenvalue weighted by Gasteiger charge is 2.44. The molecule has 1 saturated heterocycles. The Balaban J connectivity index is 2.42. The third-order valence-corrected chi connectivity index (χ3v) is 3.93. The second kappa shape index (κ2) is 4.74. The maximum Gasteiger partial charge on any atom is 0.329 e. The summed E-state index contributed by atoms with van der Waals surface area (Å²) < 4.78 is 0. The van der Waals surface area contributed by atoms with Gasteiger partial charge in [0, 0.05) is 12.1 Å². The molecule has 0 spiro atoms. The van der Waals surface area contributed by atoms with Crippen LogP contribution in [-0.2, 0) is 4.79 Å². The Bertz CT molecular complexity index is 547. The van der Waals surface area contributed by atoms with E-state index in [-0.39, 0.29) is 0 Å². The lowest BCUT2D eigenvalue weighted by Gasteiger charge is -2.33. The van der Waals surface area contributed by atoms with Crippen LogP contribution in [0.25, 0.3) is 0 Å². The molecule has 5 nitrogen and oxygen atoms in total. The molecule has 1 atom stereocenters. The van der Waals surface area contributed by atoms with Gasteiger partial charge in [-0.2, -0.15) is 0 Å². The van der Waals surface area contributed by atoms with Crippen molar-refractivity contribution in [2.45, 2.75) is 25.3 Å². The molecule has 6 heteroatoms. The first-order chi connectivity index (χ1) is 8.86. The highest BCUT2D eigenvalue weighted by atomic mass is 35.5. The maximum absolute atomic E-state index is 11.4. The summed E-state index contributed by atoms with van der Waals surface area (Å²) in [5.74, 6) is -1.43. The Morgan fingerprint density at radius 3 is 2.68 bits per heavy atom. The number of amides is 1. The number of carboxylic acid groups (broad SMARTS) is 1. The summed E-state index contributed by atoms with van der Waals surface area (Å²) >= 11 is 6.14. The summed E-state index contributed by atoms with van der Waals surface area (Å²) in [7, 11) is 0. The number of primary amides is 1. The van der Waals surface area contributed by atoms with Gasteiger partial charge in [0.2, 0.25) is 5.91 Å². The number of nitrogens with two attached hydrogens (primary N) is 1. The van der Waals surface area contributed by atoms with Crippen molar-refractivity contribution in [3.05, 3.63) is 28.8 Å². The largest absolute Gasteiger partial charge is 0.480 e. The van der Waals surface area contributed by atoms with Gasteiger partial charge in [-0.15, -0.1) is 0 Å². The van der Waals surface area contributed by atoms with Gasteiger partial charge in [-0.1, -0.05) is 11.6 Å². The van der Waals surface area contributed by atoms with Crippen LogP contribution in [0.5, 0.6) is 0 Å². The van der Waals surface area contributed by atoms with Crippen LogP contribution in [0, 0.1) is 0 Å². The Hall–Kier alpha value is -1.75. The van der Waals surface area contributed by atoms with Crippen molar-refractivity contribution in [2.24, 2.45) is 5.73 Å². The van der Waals surface area contributed by atoms with E-state index in [9.17, 15) is 14.7 Å². The summed E-state index contributed by atoms with van der Waals surface area (Å²) in [5.41, 5.74) is 5.15. The molecule has 1 heterocycles. The van der Waals surface area contributed by atoms with Crippen LogP contribution in [0.15, 0.2) is 18.2 Å². The van der Waals surface area contributed by atoms with E-state index in [4.69, 9.17) is 17.3 Å². The zero-order valence-electron chi connectivity index (χ0n) is 10.5. The smallest absolute Gasteiger partial charge is 0.329 e. The monoisotopic (exact) mass is 282 g/mol. The maximum atomic E-state index is 11.4. The van der Waals surface area contributed by atoms with E-state index in [1.54, 1.807) is 24.0 Å². The minimum atomic E-state index is -0.960. The van der Waals surface area contributed by atoms with Crippen molar-refractivity contribution in [3.8, 4) is 0 Å². The van der Waals surface area contributed by atoms with Gasteiger partial charge in [0.15, 0.2) is 0 Å². The average molecular weight is 283 g/mol. The van der Waals surface area contributed by atoms with E-state index in [1.165, 1.54) is 6.07 Å². The summed E-state index contributed by atoms with van der Waals surface area (Å²) in [6, 6.07) is 4.68. The standard InChI is InChI=1S/C13H15ClN2O3/c1-13(12(18)19)5-2-6-16(13)10-4-3-8(11(15)17)7-9(10)14/h3-4,7H,2,5-6H2,1H3,(H2,15,17)(H,18,19). The molecule has 1 aromatic rings. The summed E-state index contributed by atoms with van der Waals surface area (Å²) in [6.45, 7) is 2.30. The number of hydrogen-bond acceptors (Lipinski definition) is 3. The quantitative estimate of drug-likeness (QED) is 0.887. The molecule has 1 unspecified atom stereocenters. The van der Waals surface area contributed by atoms with Gasteiger partial charge >= 0.3 is 5.97 Å². The van der Waals surface area contributed by atoms with Crippen molar-refractivity contribution in [3.63, 3.8) is 0 Å². The molecular weight excluding hydrogens is 268 g/mol. The van der Waals surface area contributed by atoms with Crippen molar-refractivity contribution in [1.82, 2.24) is 0 Å². The highest BCUT2D eigenvalue weighted by Crippen LogP contribution is 2.38. The second-order valence-electron chi connectivity index (χ2n) is 4.86. The number of hydrogen-bond donors (Lipinski definition) is 2. The fourth-order valence-electron chi connectivity index (χ4n) is 2.45. The lowest BCUT2D eigenvalue weighted by molar-refractivity contribution is -0.142. The molecule has 0 aromatic heterocycles. The van der Waals surface area contributed by atoms with E-state index in [0.29, 0.717) is 29.2 Å². The minimum absolute atomic E-state index is 0.310. The Labute approximate surface area is 116 Å². The highest BCUT2D eigenvalue weighted by molar-refractivity contribution is 6.33. The van der Waals surface area contributed by atoms with Gasteiger partial charge < -0.3 is 15.7 Å². The third kappa shape index (κ3) is 2.26. The molecule has 1 amide bonds. The SMILES string of the molecule is CC1(C(=O)O)CCCN1c1ccc(C(N)=O)cc1Cl. The van der Waals surface area contributed by atoms with Crippen LogP contribution in [0.1, 0.15) is 30.1 Å². The minimum Gasteiger partial charge on any atom is -0.480 e. The van der Waals surface area contributed by atoms with Crippen LogP contribution in [0.3, 0.4) is 0 Å². The van der Waals surface area contributed by atoms with Gasteiger partial charge in [0.05, 0.1) is 10.7 Å². The molecule has 102 valence electrons. The number of nitrogens with zero attached hydrogens (tertiary/aromatic N) is 1. The first-order valence-electron chi connectivity index (χ1n) is 5.96. The molecule has 0 bridgehead atoms. The zero-order chi connectivity index (χ0) is 14.2. The predicted molar refractivity (Wildman–Crippen MR) is 72.6 cm³/mol. The zero-order valence-corrected chi connectivity index (χ0v) is 11.3. The van der Waals surface area contributed by atoms with Gasteiger partial charge in [-0.05, 0) is 38.0 Å². The summed E-state index contributed by atoms with van der Waals surface area (Å²) in [5, 5.41) is 9.72. The topological polar surface area (TPSA) is 83.6 Å². The lowest BCUT2D eigenvalue weighted by atomic mass is 9.98. The molecule has 1 fully saturated rings. The third-order valence-electron chi connectivity index (χ3n) is 3.62. The number of anilines is 1. The fraction of sp³-hybridized carbons (Fsp3) is 0.385. The molecule has 19 heavy (non-hydrogen) atoms. The van der Waals surface area contributed by atoms with Crippen molar-refractivity contribution in [1.29, 1.82) is 0 Å². The van der Waals surface area contributed by atoms with Gasteiger partial charge in [-0.3, -0.25) is 4.79 Å². The molecular formula is C13H15ClN2O3. The summed E-state index contributed by atoms with van der Waals surface area (Å²) in [4.78, 5) is 24.3. The first-order valence-corrected chi connectivity index (χ1v) is 6.34. The van der Waals surface area contributed by atoms with Gasteiger partial charge in [0.1, 0.15) is 5.54 Å². The van der Waals surface area contributed by atoms with Crippen LogP contribution < -0.4 is 10.6 Å². The van der Waals surface area contributed by atoms with E-state index in [1.807, 2.05) is 0 Å². The number of benzene rings is 1. The number of halogens is 1. The molecule has 0 saturated carbocycles. The molecule has 0 radical (unpaired) electrons. The second-order valence-corrected chi connectivity index (χ2v) is 5.27. The van der Waals surface area contributed by atoms with Crippen LogP contribution >= 0.6 is 11.6 Å². The van der Waals surface area contributed by atoms with E-state index in [2.05, 4.69) is 0 Å². The predicted octanol–water partition coefficient (Wildman–Crippen LogP) is 1.88. The Morgan fingerprint density at radius 1 is 1.47 bits per heavy atom. The number of carbonyl (C=O) groups excluding carboxylic acids is 1. The van der Waals surface area contributed by atoms with Gasteiger partial charge in [-0.25, -0.2) is 4.79 Å².